The number of rotatable bonds is 6. The van der Waals surface area contributed by atoms with Crippen molar-refractivity contribution in [3.05, 3.63) is 46.4 Å². The summed E-state index contributed by atoms with van der Waals surface area (Å²) in [6.45, 7) is 1.98. The fraction of sp³-hybridized carbons (Fsp3) is 0.267. The lowest BCUT2D eigenvalue weighted by molar-refractivity contribution is -0.122. The molecule has 1 atom stereocenters. The van der Waals surface area contributed by atoms with E-state index in [4.69, 9.17) is 4.74 Å². The molecule has 0 radical (unpaired) electrons. The predicted octanol–water partition coefficient (Wildman–Crippen LogP) is 1.59. The van der Waals surface area contributed by atoms with Crippen LogP contribution in [0.15, 0.2) is 35.2 Å². The summed E-state index contributed by atoms with van der Waals surface area (Å²) in [5.41, 5.74) is 2.94. The van der Waals surface area contributed by atoms with Gasteiger partial charge in [-0.2, -0.15) is 0 Å². The van der Waals surface area contributed by atoms with E-state index >= 15 is 0 Å². The van der Waals surface area contributed by atoms with Crippen LogP contribution in [0.1, 0.15) is 23.0 Å². The Bertz CT molecular complexity index is 643. The van der Waals surface area contributed by atoms with Crippen molar-refractivity contribution < 1.29 is 14.3 Å². The van der Waals surface area contributed by atoms with Crippen molar-refractivity contribution in [3.63, 3.8) is 0 Å². The molecule has 0 aliphatic carbocycles. The Balaban J connectivity index is 1.88. The summed E-state index contributed by atoms with van der Waals surface area (Å²) in [5.74, 6) is 0.00717. The Morgan fingerprint density at radius 1 is 1.41 bits per heavy atom. The maximum Gasteiger partial charge on any atom is 0.252 e. The quantitative estimate of drug-likeness (QED) is 0.847. The minimum Gasteiger partial charge on any atom is -0.497 e. The van der Waals surface area contributed by atoms with Crippen molar-refractivity contribution in [1.29, 1.82) is 0 Å². The van der Waals surface area contributed by atoms with Crippen LogP contribution in [-0.2, 0) is 11.3 Å². The number of benzene rings is 1. The smallest absolute Gasteiger partial charge is 0.252 e. The van der Waals surface area contributed by atoms with Crippen LogP contribution in [-0.4, -0.2) is 29.9 Å². The number of amides is 2. The third kappa shape index (κ3) is 4.29. The normalized spacial score (nSPS) is 11.5. The minimum absolute atomic E-state index is 0.260. The molecule has 0 spiro atoms. The van der Waals surface area contributed by atoms with Gasteiger partial charge in [-0.15, -0.1) is 11.3 Å². The summed E-state index contributed by atoms with van der Waals surface area (Å²) in [6, 6.07) is 6.12. The van der Waals surface area contributed by atoms with Crippen LogP contribution in [0.25, 0.3) is 0 Å². The lowest BCUT2D eigenvalue weighted by Crippen LogP contribution is -2.44. The van der Waals surface area contributed by atoms with E-state index in [9.17, 15) is 9.59 Å². The zero-order valence-electron chi connectivity index (χ0n) is 12.3. The first-order valence-electron chi connectivity index (χ1n) is 6.70. The van der Waals surface area contributed by atoms with Gasteiger partial charge in [-0.1, -0.05) is 6.07 Å². The Kier molecular flexibility index (Phi) is 5.48. The molecule has 0 saturated heterocycles. The van der Waals surface area contributed by atoms with Gasteiger partial charge < -0.3 is 15.4 Å². The van der Waals surface area contributed by atoms with Gasteiger partial charge in [0.15, 0.2) is 0 Å². The van der Waals surface area contributed by atoms with Crippen LogP contribution in [0.4, 0.5) is 0 Å². The van der Waals surface area contributed by atoms with Crippen molar-refractivity contribution in [2.24, 2.45) is 0 Å². The number of methoxy groups -OCH3 is 1. The molecular formula is C15H17N3O3S. The molecule has 22 heavy (non-hydrogen) atoms. The molecule has 6 nitrogen and oxygen atoms in total. The zero-order valence-corrected chi connectivity index (χ0v) is 13.1. The summed E-state index contributed by atoms with van der Waals surface area (Å²) in [4.78, 5) is 28.1. The van der Waals surface area contributed by atoms with E-state index in [0.717, 1.165) is 5.69 Å². The first-order valence-corrected chi connectivity index (χ1v) is 7.64. The second-order valence-electron chi connectivity index (χ2n) is 4.62. The number of nitrogens with zero attached hydrogens (tertiary/aromatic N) is 1. The Morgan fingerprint density at radius 2 is 2.23 bits per heavy atom. The number of aromatic nitrogens is 1. The summed E-state index contributed by atoms with van der Waals surface area (Å²) in [5, 5.41) is 7.24. The average Bonchev–Trinajstić information content (AvgIpc) is 3.05. The lowest BCUT2D eigenvalue weighted by atomic mass is 10.2. The van der Waals surface area contributed by atoms with E-state index in [-0.39, 0.29) is 11.8 Å². The molecule has 0 unspecified atom stereocenters. The third-order valence-corrected chi connectivity index (χ3v) is 3.64. The SMILES string of the molecule is COc1cccc(C(=O)N[C@H](C)C(=O)NCc2cscn2)c1. The number of carbonyl (C=O) groups is 2. The molecule has 2 N–H and O–H groups in total. The number of carbonyl (C=O) groups excluding carboxylic acids is 2. The van der Waals surface area contributed by atoms with E-state index in [0.29, 0.717) is 17.9 Å². The van der Waals surface area contributed by atoms with Crippen LogP contribution in [0.5, 0.6) is 5.75 Å². The summed E-state index contributed by atoms with van der Waals surface area (Å²) >= 11 is 1.47. The maximum atomic E-state index is 12.1. The number of thiazole rings is 1. The van der Waals surface area contributed by atoms with Crippen molar-refractivity contribution in [1.82, 2.24) is 15.6 Å². The van der Waals surface area contributed by atoms with E-state index in [1.54, 1.807) is 36.7 Å². The van der Waals surface area contributed by atoms with E-state index in [2.05, 4.69) is 15.6 Å². The maximum absolute atomic E-state index is 12.1. The second-order valence-corrected chi connectivity index (χ2v) is 5.34. The van der Waals surface area contributed by atoms with Gasteiger partial charge in [-0.3, -0.25) is 9.59 Å². The monoisotopic (exact) mass is 319 g/mol. The van der Waals surface area contributed by atoms with Crippen LogP contribution >= 0.6 is 11.3 Å². The zero-order chi connectivity index (χ0) is 15.9. The van der Waals surface area contributed by atoms with Gasteiger partial charge in [0, 0.05) is 10.9 Å². The Labute approximate surface area is 132 Å². The minimum atomic E-state index is -0.641. The van der Waals surface area contributed by atoms with E-state index < -0.39 is 6.04 Å². The van der Waals surface area contributed by atoms with Crippen molar-refractivity contribution in [2.45, 2.75) is 19.5 Å². The number of hydrogen-bond acceptors (Lipinski definition) is 5. The highest BCUT2D eigenvalue weighted by Gasteiger charge is 2.16. The average molecular weight is 319 g/mol. The molecule has 116 valence electrons. The second kappa shape index (κ2) is 7.56. The molecule has 7 heteroatoms. The molecule has 1 aromatic carbocycles. The first kappa shape index (κ1) is 16.0. The van der Waals surface area contributed by atoms with Gasteiger partial charge in [0.1, 0.15) is 11.8 Å². The fourth-order valence-electron chi connectivity index (χ4n) is 1.77. The molecule has 0 saturated carbocycles. The van der Waals surface area contributed by atoms with E-state index in [1.165, 1.54) is 18.4 Å². The molecule has 1 aromatic heterocycles. The molecule has 2 amide bonds. The first-order chi connectivity index (χ1) is 10.6. The largest absolute Gasteiger partial charge is 0.497 e. The van der Waals surface area contributed by atoms with Gasteiger partial charge in [-0.05, 0) is 25.1 Å². The molecule has 0 bridgehead atoms. The van der Waals surface area contributed by atoms with Gasteiger partial charge in [-0.25, -0.2) is 4.98 Å². The van der Waals surface area contributed by atoms with Crippen molar-refractivity contribution in [3.8, 4) is 5.75 Å². The topological polar surface area (TPSA) is 80.3 Å². The standard InChI is InChI=1S/C15H17N3O3S/c1-10(14(19)16-7-12-8-22-9-17-12)18-15(20)11-4-3-5-13(6-11)21-2/h3-6,8-10H,7H2,1-2H3,(H,16,19)(H,18,20)/t10-/m1/s1. The molecule has 1 heterocycles. The summed E-state index contributed by atoms with van der Waals surface area (Å²) < 4.78 is 5.07. The van der Waals surface area contributed by atoms with Gasteiger partial charge in [0.05, 0.1) is 24.9 Å². The highest BCUT2D eigenvalue weighted by atomic mass is 32.1. The Hall–Kier alpha value is -2.41. The molecule has 0 fully saturated rings. The van der Waals surface area contributed by atoms with Gasteiger partial charge >= 0.3 is 0 Å². The number of nitrogens with one attached hydrogen (secondary N) is 2. The van der Waals surface area contributed by atoms with Crippen LogP contribution < -0.4 is 15.4 Å². The number of hydrogen-bond donors (Lipinski definition) is 2. The third-order valence-electron chi connectivity index (χ3n) is 3.00. The molecule has 0 aliphatic heterocycles. The molecular weight excluding hydrogens is 302 g/mol. The van der Waals surface area contributed by atoms with Gasteiger partial charge in [0.25, 0.3) is 5.91 Å². The summed E-state index contributed by atoms with van der Waals surface area (Å²) in [7, 11) is 1.53. The predicted molar refractivity (Wildman–Crippen MR) is 83.9 cm³/mol. The molecule has 2 aromatic rings. The summed E-state index contributed by atoms with van der Waals surface area (Å²) in [6.07, 6.45) is 0. The Morgan fingerprint density at radius 3 is 2.91 bits per heavy atom. The lowest BCUT2D eigenvalue weighted by Gasteiger charge is -2.14. The fourth-order valence-corrected chi connectivity index (χ4v) is 2.32. The van der Waals surface area contributed by atoms with Crippen LogP contribution in [0.2, 0.25) is 0 Å². The molecule has 2 rings (SSSR count). The van der Waals surface area contributed by atoms with Crippen LogP contribution in [0, 0.1) is 0 Å². The van der Waals surface area contributed by atoms with Gasteiger partial charge in [0.2, 0.25) is 5.91 Å². The van der Waals surface area contributed by atoms with E-state index in [1.807, 2.05) is 5.38 Å². The van der Waals surface area contributed by atoms with Crippen LogP contribution in [0.3, 0.4) is 0 Å². The highest BCUT2D eigenvalue weighted by molar-refractivity contribution is 7.07. The number of ether oxygens (including phenoxy) is 1. The van der Waals surface area contributed by atoms with Crippen molar-refractivity contribution >= 4 is 23.2 Å². The molecule has 0 aliphatic rings. The van der Waals surface area contributed by atoms with Crippen molar-refractivity contribution in [2.75, 3.05) is 7.11 Å². The highest BCUT2D eigenvalue weighted by Crippen LogP contribution is 2.12.